The molecule has 0 unspecified atom stereocenters. The second-order valence-electron chi connectivity index (χ2n) is 6.38. The third-order valence-electron chi connectivity index (χ3n) is 4.47. The number of carbonyl (C=O) groups is 1. The van der Waals surface area contributed by atoms with Crippen LogP contribution in [0.4, 0.5) is 11.4 Å². The fourth-order valence-corrected chi connectivity index (χ4v) is 3.93. The average Bonchev–Trinajstić information content (AvgIpc) is 3.07. The Labute approximate surface area is 146 Å². The van der Waals surface area contributed by atoms with E-state index < -0.39 is 16.0 Å². The largest absolute Gasteiger partial charge is 0.477 e. The highest BCUT2D eigenvalue weighted by Gasteiger charge is 2.19. The van der Waals surface area contributed by atoms with Crippen molar-refractivity contribution in [1.29, 1.82) is 0 Å². The van der Waals surface area contributed by atoms with E-state index in [9.17, 15) is 13.2 Å². The lowest BCUT2D eigenvalue weighted by Gasteiger charge is -2.32. The van der Waals surface area contributed by atoms with Gasteiger partial charge in [-0.05, 0) is 49.1 Å². The highest BCUT2D eigenvalue weighted by atomic mass is 32.2. The number of sulfonamides is 1. The molecule has 2 aromatic rings. The summed E-state index contributed by atoms with van der Waals surface area (Å²) in [5.41, 5.74) is 1.34. The highest BCUT2D eigenvalue weighted by molar-refractivity contribution is 7.92. The zero-order chi connectivity index (χ0) is 18.0. The minimum atomic E-state index is -3.83. The molecule has 1 saturated heterocycles. The van der Waals surface area contributed by atoms with Crippen LogP contribution in [-0.2, 0) is 10.0 Å². The molecule has 3 N–H and O–H groups in total. The maximum absolute atomic E-state index is 12.3. The molecule has 0 aliphatic carbocycles. The van der Waals surface area contributed by atoms with Gasteiger partial charge in [-0.2, -0.15) is 0 Å². The van der Waals surface area contributed by atoms with Gasteiger partial charge >= 0.3 is 5.97 Å². The first-order valence-corrected chi connectivity index (χ1v) is 9.63. The van der Waals surface area contributed by atoms with E-state index in [-0.39, 0.29) is 10.6 Å². The Balaban J connectivity index is 1.70. The third-order valence-corrected chi connectivity index (χ3v) is 5.83. The van der Waals surface area contributed by atoms with E-state index in [0.29, 0.717) is 5.69 Å². The van der Waals surface area contributed by atoms with Crippen LogP contribution in [0.3, 0.4) is 0 Å². The molecule has 0 atom stereocenters. The van der Waals surface area contributed by atoms with E-state index in [1.807, 2.05) is 12.1 Å². The second kappa shape index (κ2) is 6.79. The molecule has 1 aliphatic heterocycles. The number of hydrogen-bond acceptors (Lipinski definition) is 4. The van der Waals surface area contributed by atoms with Crippen molar-refractivity contribution in [3.05, 3.63) is 42.2 Å². The monoisotopic (exact) mass is 363 g/mol. The van der Waals surface area contributed by atoms with Crippen LogP contribution < -0.4 is 9.62 Å². The van der Waals surface area contributed by atoms with Crippen molar-refractivity contribution in [2.24, 2.45) is 5.92 Å². The normalized spacial score (nSPS) is 16.0. The van der Waals surface area contributed by atoms with E-state index in [1.165, 1.54) is 0 Å². The van der Waals surface area contributed by atoms with Crippen LogP contribution in [0.15, 0.2) is 41.4 Å². The number of carboxylic acid groups (broad SMARTS) is 1. The summed E-state index contributed by atoms with van der Waals surface area (Å²) in [4.78, 5) is 15.5. The Bertz CT molecular complexity index is 850. The van der Waals surface area contributed by atoms with Gasteiger partial charge < -0.3 is 15.0 Å². The summed E-state index contributed by atoms with van der Waals surface area (Å²) in [7, 11) is -3.83. The molecule has 0 bridgehead atoms. The van der Waals surface area contributed by atoms with E-state index in [0.717, 1.165) is 49.8 Å². The molecule has 0 saturated carbocycles. The van der Waals surface area contributed by atoms with Gasteiger partial charge in [0.2, 0.25) is 0 Å². The molecule has 8 heteroatoms. The van der Waals surface area contributed by atoms with E-state index in [4.69, 9.17) is 5.11 Å². The number of aromatic nitrogens is 1. The molecule has 3 rings (SSSR count). The number of aromatic carboxylic acids is 1. The van der Waals surface area contributed by atoms with Gasteiger partial charge in [-0.1, -0.05) is 6.92 Å². The third kappa shape index (κ3) is 3.96. The minimum absolute atomic E-state index is 0.112. The predicted octanol–water partition coefficient (Wildman–Crippen LogP) is 2.75. The smallest absolute Gasteiger partial charge is 0.352 e. The Morgan fingerprint density at radius 2 is 1.88 bits per heavy atom. The lowest BCUT2D eigenvalue weighted by atomic mass is 9.99. The number of benzene rings is 1. The number of nitrogens with one attached hydrogen (secondary N) is 2. The maximum atomic E-state index is 12.3. The zero-order valence-electron chi connectivity index (χ0n) is 13.9. The van der Waals surface area contributed by atoms with Gasteiger partial charge in [0, 0.05) is 30.7 Å². The Morgan fingerprint density at radius 3 is 2.44 bits per heavy atom. The van der Waals surface area contributed by atoms with Gasteiger partial charge in [0.1, 0.15) is 10.6 Å². The number of H-pyrrole nitrogens is 1. The van der Waals surface area contributed by atoms with Gasteiger partial charge in [-0.15, -0.1) is 0 Å². The van der Waals surface area contributed by atoms with Crippen LogP contribution in [-0.4, -0.2) is 37.6 Å². The number of piperidine rings is 1. The number of carboxylic acids is 1. The Hall–Kier alpha value is -2.48. The van der Waals surface area contributed by atoms with Crippen molar-refractivity contribution in [3.8, 4) is 0 Å². The molecule has 2 heterocycles. The lowest BCUT2D eigenvalue weighted by Crippen LogP contribution is -2.32. The number of nitrogens with zero attached hydrogens (tertiary/aromatic N) is 1. The second-order valence-corrected chi connectivity index (χ2v) is 8.06. The van der Waals surface area contributed by atoms with Gasteiger partial charge in [0.15, 0.2) is 0 Å². The van der Waals surface area contributed by atoms with Crippen LogP contribution in [0, 0.1) is 5.92 Å². The SMILES string of the molecule is CC1CCN(c2ccc(NS(=O)(=O)c3c[nH]c(C(=O)O)c3)cc2)CC1. The molecule has 0 spiro atoms. The van der Waals surface area contributed by atoms with Crippen molar-refractivity contribution in [1.82, 2.24) is 4.98 Å². The fraction of sp³-hybridized carbons (Fsp3) is 0.353. The van der Waals surface area contributed by atoms with Gasteiger partial charge in [-0.25, -0.2) is 13.2 Å². The molecule has 1 aromatic heterocycles. The Kier molecular flexibility index (Phi) is 4.71. The summed E-state index contributed by atoms with van der Waals surface area (Å²) in [5, 5.41) is 8.87. The number of anilines is 2. The number of hydrogen-bond donors (Lipinski definition) is 3. The number of aromatic amines is 1. The summed E-state index contributed by atoms with van der Waals surface area (Å²) in [6, 6.07) is 8.32. The molecular weight excluding hydrogens is 342 g/mol. The molecule has 0 amide bonds. The minimum Gasteiger partial charge on any atom is -0.477 e. The van der Waals surface area contributed by atoms with Crippen molar-refractivity contribution >= 4 is 27.4 Å². The summed E-state index contributed by atoms with van der Waals surface area (Å²) >= 11 is 0. The van der Waals surface area contributed by atoms with Gasteiger partial charge in [-0.3, -0.25) is 4.72 Å². The summed E-state index contributed by atoms with van der Waals surface area (Å²) in [6.45, 7) is 4.27. The molecule has 134 valence electrons. The summed E-state index contributed by atoms with van der Waals surface area (Å²) < 4.78 is 27.1. The van der Waals surface area contributed by atoms with Crippen molar-refractivity contribution in [2.45, 2.75) is 24.7 Å². The van der Waals surface area contributed by atoms with Crippen LogP contribution in [0.25, 0.3) is 0 Å². The van der Waals surface area contributed by atoms with Gasteiger partial charge in [0.05, 0.1) is 0 Å². The standard InChI is InChI=1S/C17H21N3O4S/c1-12-6-8-20(9-7-12)14-4-2-13(3-5-14)19-25(23,24)15-10-16(17(21)22)18-11-15/h2-5,10-12,18-19H,6-9H2,1H3,(H,21,22). The molecule has 1 aromatic carbocycles. The van der Waals surface area contributed by atoms with Crippen molar-refractivity contribution in [2.75, 3.05) is 22.7 Å². The van der Waals surface area contributed by atoms with E-state index in [1.54, 1.807) is 12.1 Å². The molecule has 7 nitrogen and oxygen atoms in total. The van der Waals surface area contributed by atoms with Crippen LogP contribution in [0.1, 0.15) is 30.3 Å². The molecule has 1 fully saturated rings. The predicted molar refractivity (Wildman–Crippen MR) is 95.6 cm³/mol. The highest BCUT2D eigenvalue weighted by Crippen LogP contribution is 2.25. The summed E-state index contributed by atoms with van der Waals surface area (Å²) in [5.74, 6) is -0.457. The van der Waals surface area contributed by atoms with E-state index in [2.05, 4.69) is 21.5 Å². The molecule has 25 heavy (non-hydrogen) atoms. The quantitative estimate of drug-likeness (QED) is 0.758. The molecule has 1 aliphatic rings. The van der Waals surface area contributed by atoms with Gasteiger partial charge in [0.25, 0.3) is 10.0 Å². The zero-order valence-corrected chi connectivity index (χ0v) is 14.7. The van der Waals surface area contributed by atoms with Crippen LogP contribution in [0.2, 0.25) is 0 Å². The first-order chi connectivity index (χ1) is 11.8. The van der Waals surface area contributed by atoms with Crippen LogP contribution >= 0.6 is 0 Å². The Morgan fingerprint density at radius 1 is 1.24 bits per heavy atom. The maximum Gasteiger partial charge on any atom is 0.352 e. The fourth-order valence-electron chi connectivity index (χ4n) is 2.87. The topological polar surface area (TPSA) is 103 Å². The van der Waals surface area contributed by atoms with Crippen molar-refractivity contribution in [3.63, 3.8) is 0 Å². The first kappa shape index (κ1) is 17.3. The lowest BCUT2D eigenvalue weighted by molar-refractivity contribution is 0.0691. The summed E-state index contributed by atoms with van der Waals surface area (Å²) in [6.07, 6.45) is 3.48. The van der Waals surface area contributed by atoms with Crippen LogP contribution in [0.5, 0.6) is 0 Å². The van der Waals surface area contributed by atoms with Crippen molar-refractivity contribution < 1.29 is 18.3 Å². The average molecular weight is 363 g/mol. The van der Waals surface area contributed by atoms with E-state index >= 15 is 0 Å². The molecular formula is C17H21N3O4S. The first-order valence-electron chi connectivity index (χ1n) is 8.15. The number of rotatable bonds is 5. The molecule has 0 radical (unpaired) electrons.